The van der Waals surface area contributed by atoms with Crippen LogP contribution in [0.1, 0.15) is 36.1 Å². The molecule has 1 aliphatic rings. The van der Waals surface area contributed by atoms with Crippen molar-refractivity contribution in [1.29, 1.82) is 0 Å². The van der Waals surface area contributed by atoms with E-state index in [0.717, 1.165) is 16.7 Å². The van der Waals surface area contributed by atoms with E-state index in [9.17, 15) is 14.7 Å². The summed E-state index contributed by atoms with van der Waals surface area (Å²) in [6, 6.07) is 29.3. The summed E-state index contributed by atoms with van der Waals surface area (Å²) in [5, 5.41) is 10.4. The zero-order chi connectivity index (χ0) is 23.3. The Morgan fingerprint density at radius 3 is 1.88 bits per heavy atom. The number of nitrogens with zero attached hydrogens (tertiary/aromatic N) is 2. The summed E-state index contributed by atoms with van der Waals surface area (Å²) in [6.45, 7) is 2.64. The Hall–Kier alpha value is -3.44. The van der Waals surface area contributed by atoms with E-state index in [2.05, 4.69) is 0 Å². The molecule has 3 aromatic carbocycles. The van der Waals surface area contributed by atoms with Gasteiger partial charge in [-0.15, -0.1) is 0 Å². The predicted octanol–water partition coefficient (Wildman–Crippen LogP) is 4.19. The summed E-state index contributed by atoms with van der Waals surface area (Å²) < 4.78 is 0. The van der Waals surface area contributed by atoms with Gasteiger partial charge in [-0.3, -0.25) is 9.59 Å². The van der Waals surface area contributed by atoms with Gasteiger partial charge in [-0.1, -0.05) is 91.0 Å². The SMILES string of the molecule is C[C@H](c1ccccc1)N1C[C@@](CO)(C(=O)N(Cc2ccccc2)Cc2ccccc2)CC1=O. The van der Waals surface area contributed by atoms with Crippen LogP contribution in [0.2, 0.25) is 0 Å². The summed E-state index contributed by atoms with van der Waals surface area (Å²) in [5.41, 5.74) is 1.88. The largest absolute Gasteiger partial charge is 0.395 e. The van der Waals surface area contributed by atoms with Gasteiger partial charge >= 0.3 is 0 Å². The Labute approximate surface area is 195 Å². The predicted molar refractivity (Wildman–Crippen MR) is 128 cm³/mol. The van der Waals surface area contributed by atoms with E-state index in [4.69, 9.17) is 0 Å². The maximum absolute atomic E-state index is 13.9. The van der Waals surface area contributed by atoms with Gasteiger partial charge in [0, 0.05) is 26.1 Å². The Balaban J connectivity index is 1.61. The molecule has 1 aliphatic heterocycles. The minimum absolute atomic E-state index is 0.0135. The Kier molecular flexibility index (Phi) is 6.90. The first-order valence-corrected chi connectivity index (χ1v) is 11.3. The molecule has 5 heteroatoms. The molecule has 0 radical (unpaired) electrons. The summed E-state index contributed by atoms with van der Waals surface area (Å²) in [6.07, 6.45) is 0.0135. The van der Waals surface area contributed by atoms with Crippen molar-refractivity contribution in [2.45, 2.75) is 32.5 Å². The van der Waals surface area contributed by atoms with Crippen LogP contribution in [0, 0.1) is 5.41 Å². The average molecular weight is 443 g/mol. The van der Waals surface area contributed by atoms with Crippen LogP contribution >= 0.6 is 0 Å². The van der Waals surface area contributed by atoms with E-state index >= 15 is 0 Å². The number of carbonyl (C=O) groups is 2. The number of carbonyl (C=O) groups excluding carboxylic acids is 2. The fraction of sp³-hybridized carbons (Fsp3) is 0.286. The standard InChI is InChI=1S/C28H30N2O3/c1-22(25-15-9-4-10-16-25)30-20-28(21-31,17-26(30)32)27(33)29(18-23-11-5-2-6-12-23)19-24-13-7-3-8-14-24/h2-16,22,31H,17-21H2,1H3/t22-,28+/m1/s1. The molecule has 0 spiro atoms. The molecule has 0 aliphatic carbocycles. The molecule has 170 valence electrons. The Morgan fingerprint density at radius 1 is 0.909 bits per heavy atom. The molecule has 1 fully saturated rings. The van der Waals surface area contributed by atoms with Crippen molar-refractivity contribution in [3.8, 4) is 0 Å². The molecule has 5 nitrogen and oxygen atoms in total. The Morgan fingerprint density at radius 2 is 1.39 bits per heavy atom. The first kappa shape index (κ1) is 22.7. The van der Waals surface area contributed by atoms with Crippen LogP contribution in [0.3, 0.4) is 0 Å². The van der Waals surface area contributed by atoms with Gasteiger partial charge in [0.25, 0.3) is 0 Å². The molecule has 1 saturated heterocycles. The van der Waals surface area contributed by atoms with Gasteiger partial charge in [0.05, 0.1) is 18.1 Å². The summed E-state index contributed by atoms with van der Waals surface area (Å²) in [5.74, 6) is -0.290. The van der Waals surface area contributed by atoms with Crippen molar-refractivity contribution >= 4 is 11.8 Å². The highest BCUT2D eigenvalue weighted by molar-refractivity contribution is 5.93. The van der Waals surface area contributed by atoms with Crippen molar-refractivity contribution in [3.05, 3.63) is 108 Å². The third-order valence-electron chi connectivity index (χ3n) is 6.51. The highest BCUT2D eigenvalue weighted by atomic mass is 16.3. The highest BCUT2D eigenvalue weighted by Crippen LogP contribution is 2.38. The maximum atomic E-state index is 13.9. The molecule has 33 heavy (non-hydrogen) atoms. The van der Waals surface area contributed by atoms with Gasteiger partial charge in [-0.25, -0.2) is 0 Å². The van der Waals surface area contributed by atoms with Gasteiger partial charge in [0.2, 0.25) is 11.8 Å². The smallest absolute Gasteiger partial charge is 0.234 e. The van der Waals surface area contributed by atoms with Crippen molar-refractivity contribution in [3.63, 3.8) is 0 Å². The second kappa shape index (κ2) is 10.0. The van der Waals surface area contributed by atoms with Gasteiger partial charge in [-0.2, -0.15) is 0 Å². The first-order chi connectivity index (χ1) is 16.0. The van der Waals surface area contributed by atoms with Crippen LogP contribution < -0.4 is 0 Å². The minimum Gasteiger partial charge on any atom is -0.395 e. The van der Waals surface area contributed by atoms with Crippen LogP contribution in [0.15, 0.2) is 91.0 Å². The fourth-order valence-electron chi connectivity index (χ4n) is 4.58. The maximum Gasteiger partial charge on any atom is 0.234 e. The van der Waals surface area contributed by atoms with E-state index in [0.29, 0.717) is 13.1 Å². The van der Waals surface area contributed by atoms with Gasteiger partial charge in [0.15, 0.2) is 0 Å². The van der Waals surface area contributed by atoms with Crippen LogP contribution in [-0.2, 0) is 22.7 Å². The quantitative estimate of drug-likeness (QED) is 0.569. The number of aliphatic hydroxyl groups excluding tert-OH is 1. The van der Waals surface area contributed by atoms with Gasteiger partial charge < -0.3 is 14.9 Å². The van der Waals surface area contributed by atoms with Crippen molar-refractivity contribution in [1.82, 2.24) is 9.80 Å². The molecule has 4 rings (SSSR count). The molecule has 0 saturated carbocycles. The molecule has 1 N–H and O–H groups in total. The number of hydrogen-bond donors (Lipinski definition) is 1. The summed E-state index contributed by atoms with van der Waals surface area (Å²) in [4.78, 5) is 30.5. The number of rotatable bonds is 8. The van der Waals surface area contributed by atoms with Crippen LogP contribution in [0.25, 0.3) is 0 Å². The van der Waals surface area contributed by atoms with E-state index in [1.807, 2.05) is 97.9 Å². The number of amides is 2. The van der Waals surface area contributed by atoms with Crippen LogP contribution in [0.4, 0.5) is 0 Å². The topological polar surface area (TPSA) is 60.9 Å². The summed E-state index contributed by atoms with van der Waals surface area (Å²) in [7, 11) is 0. The molecule has 0 unspecified atom stereocenters. The van der Waals surface area contributed by atoms with Crippen LogP contribution in [-0.4, -0.2) is 39.9 Å². The third kappa shape index (κ3) is 4.99. The lowest BCUT2D eigenvalue weighted by Crippen LogP contribution is -2.47. The second-order valence-electron chi connectivity index (χ2n) is 8.86. The van der Waals surface area contributed by atoms with E-state index in [1.165, 1.54) is 0 Å². The summed E-state index contributed by atoms with van der Waals surface area (Å²) >= 11 is 0. The molecule has 3 aromatic rings. The van der Waals surface area contributed by atoms with E-state index in [1.54, 1.807) is 9.80 Å². The number of benzene rings is 3. The lowest BCUT2D eigenvalue weighted by Gasteiger charge is -2.34. The number of hydrogen-bond acceptors (Lipinski definition) is 3. The lowest BCUT2D eigenvalue weighted by molar-refractivity contribution is -0.146. The van der Waals surface area contributed by atoms with Gasteiger partial charge in [0.1, 0.15) is 0 Å². The second-order valence-corrected chi connectivity index (χ2v) is 8.86. The molecular formula is C28H30N2O3. The highest BCUT2D eigenvalue weighted by Gasteiger charge is 2.51. The fourth-order valence-corrected chi connectivity index (χ4v) is 4.58. The van der Waals surface area contributed by atoms with Crippen LogP contribution in [0.5, 0.6) is 0 Å². The van der Waals surface area contributed by atoms with Crippen molar-refractivity contribution in [2.24, 2.45) is 5.41 Å². The lowest BCUT2D eigenvalue weighted by atomic mass is 9.85. The third-order valence-corrected chi connectivity index (χ3v) is 6.51. The normalized spacial score (nSPS) is 18.8. The average Bonchev–Trinajstić information content (AvgIpc) is 3.22. The zero-order valence-corrected chi connectivity index (χ0v) is 18.9. The molecule has 0 bridgehead atoms. The Bertz CT molecular complexity index is 1030. The van der Waals surface area contributed by atoms with Gasteiger partial charge in [-0.05, 0) is 23.6 Å². The number of aliphatic hydroxyl groups is 1. The molecule has 1 heterocycles. The molecular weight excluding hydrogens is 412 g/mol. The number of likely N-dealkylation sites (tertiary alicyclic amines) is 1. The van der Waals surface area contributed by atoms with Crippen molar-refractivity contribution in [2.75, 3.05) is 13.2 Å². The monoisotopic (exact) mass is 442 g/mol. The van der Waals surface area contributed by atoms with E-state index in [-0.39, 0.29) is 37.4 Å². The first-order valence-electron chi connectivity index (χ1n) is 11.3. The minimum atomic E-state index is -1.15. The zero-order valence-electron chi connectivity index (χ0n) is 18.9. The molecule has 0 aromatic heterocycles. The molecule has 2 atom stereocenters. The molecule has 2 amide bonds. The van der Waals surface area contributed by atoms with Crippen molar-refractivity contribution < 1.29 is 14.7 Å². The van der Waals surface area contributed by atoms with E-state index < -0.39 is 5.41 Å².